The van der Waals surface area contributed by atoms with Crippen LogP contribution in [0, 0.1) is 62.3 Å². The van der Waals surface area contributed by atoms with Crippen LogP contribution in [-0.4, -0.2) is 212 Å². The number of H-pyrrole nitrogens is 3. The van der Waals surface area contributed by atoms with Crippen LogP contribution in [0.3, 0.4) is 0 Å². The van der Waals surface area contributed by atoms with E-state index in [9.17, 15) is 43.5 Å². The van der Waals surface area contributed by atoms with Crippen molar-refractivity contribution in [2.45, 2.75) is 212 Å². The van der Waals surface area contributed by atoms with E-state index in [-0.39, 0.29) is 71.9 Å². The van der Waals surface area contributed by atoms with E-state index in [1.165, 1.54) is 10.6 Å². The first-order valence-electron chi connectivity index (χ1n) is 46.5. The largest absolute Gasteiger partial charge is 0.478 e. The molecule has 36 heteroatoms. The number of halogens is 1. The highest BCUT2D eigenvalue weighted by atomic mass is 35.5. The Morgan fingerprint density at radius 1 is 0.456 bits per heavy atom. The Balaban J connectivity index is 0.000000147. The summed E-state index contributed by atoms with van der Waals surface area (Å²) in [7, 11) is 0. The topological polar surface area (TPSA) is 367 Å². The van der Waals surface area contributed by atoms with Gasteiger partial charge in [0.05, 0.1) is 75.4 Å². The minimum absolute atomic E-state index is 0.0171. The Bertz CT molecular complexity index is 6680. The van der Waals surface area contributed by atoms with Gasteiger partial charge in [-0.2, -0.15) is 0 Å². The zero-order chi connectivity index (χ0) is 97.2. The number of aromatic carboxylic acids is 1. The van der Waals surface area contributed by atoms with E-state index in [0.717, 1.165) is 196 Å². The third kappa shape index (κ3) is 22.5. The van der Waals surface area contributed by atoms with E-state index >= 15 is 0 Å². The van der Waals surface area contributed by atoms with Crippen molar-refractivity contribution in [2.24, 2.45) is 0 Å². The predicted octanol–water partition coefficient (Wildman–Crippen LogP) is 14.9. The van der Waals surface area contributed by atoms with Gasteiger partial charge in [-0.1, -0.05) is 0 Å². The zero-order valence-electron chi connectivity index (χ0n) is 80.9. The number of thiazole rings is 3. The number of pyridine rings is 6. The number of morpholine rings is 3. The monoisotopic (exact) mass is 1930 g/mol. The van der Waals surface area contributed by atoms with Crippen LogP contribution in [0.25, 0.3) is 48.3 Å². The number of carbonyl (C=O) groups excluding carboxylic acids is 4. The fourth-order valence-electron chi connectivity index (χ4n) is 18.9. The Morgan fingerprint density at radius 2 is 0.779 bits per heavy atom. The normalized spacial score (nSPS) is 16.2. The van der Waals surface area contributed by atoms with E-state index in [1.54, 1.807) is 49.9 Å². The van der Waals surface area contributed by atoms with Crippen molar-refractivity contribution >= 4 is 92.3 Å². The number of rotatable bonds is 18. The molecule has 3 atom stereocenters. The van der Waals surface area contributed by atoms with Crippen LogP contribution in [0.15, 0.2) is 87.6 Å². The van der Waals surface area contributed by atoms with Crippen molar-refractivity contribution in [2.75, 3.05) is 98.5 Å². The molecule has 0 spiro atoms. The number of hydrogen-bond acceptors (Lipinski definition) is 24. The van der Waals surface area contributed by atoms with Gasteiger partial charge < -0.3 is 82.7 Å². The van der Waals surface area contributed by atoms with Crippen LogP contribution in [0.4, 0.5) is 9.59 Å². The molecule has 6 aliphatic heterocycles. The number of hydrogen-bond donors (Lipinski definition) is 8. The average Bonchev–Trinajstić information content (AvgIpc) is 1.59. The van der Waals surface area contributed by atoms with Crippen molar-refractivity contribution in [1.29, 1.82) is 0 Å². The Hall–Kier alpha value is -11.1. The van der Waals surface area contributed by atoms with Gasteiger partial charge in [-0.05, 0) is 224 Å². The molecule has 18 heterocycles. The minimum atomic E-state index is -0.926. The minimum Gasteiger partial charge on any atom is -0.478 e. The Morgan fingerprint density at radius 3 is 1.10 bits per heavy atom. The van der Waals surface area contributed by atoms with Gasteiger partial charge in [0.15, 0.2) is 0 Å². The lowest BCUT2D eigenvalue weighted by Crippen LogP contribution is -2.39. The lowest BCUT2D eigenvalue weighted by molar-refractivity contribution is 0.0186. The molecule has 0 saturated carbocycles. The number of carbonyl (C=O) groups is 5. The fraction of sp³-hybridized carbons (Fsp3) is 0.470. The molecule has 0 aliphatic carbocycles. The van der Waals surface area contributed by atoms with Gasteiger partial charge in [0.2, 0.25) is 0 Å². The van der Waals surface area contributed by atoms with Gasteiger partial charge in [-0.15, -0.1) is 34.0 Å². The number of fused-ring (bicyclic) bond motifs is 6. The summed E-state index contributed by atoms with van der Waals surface area (Å²) in [5.74, 6) is -1.34. The van der Waals surface area contributed by atoms with E-state index in [4.69, 9.17) is 50.4 Å². The number of aromatic amines is 3. The molecular formula is C100H125ClN18O14S3. The standard InChI is InChI=1S/C35H44N6O5S.C30H36N6O3S.C27H34N4O5S.C8H11ClN2O/c1-20-14-21(2)37-32(43)27(20)17-36-31(42)26-16-25-15-24(18-41(25)30(22(26)3)23(4)39-10-12-45-13-11-39)33-38-28-8-9-40(19-29(28)47-33)34(44)46-35(5,6)7;1-17-11-18(2)33-29(38)24(17)14-32-28(37)23-13-22-12-21(30-34-25-5-6-31-15-26(25)40-30)16-36(22)27(19(23)3)20(4)35-7-9-39-10-8-35;1-16-20(25(32)33)13-19-12-18(14-31(19)23(16)17(2)29-8-10-35-11-9-29)24-28-21-6-7-30(15-22(21)37-24)26(34)36-27(3,4)5;1-5-3-6(2)11-8(12)7(5)4-10-9/h14-16,18,23H,8-13,17,19H2,1-7H3,(H,36,42)(H,37,43);11-13,16,20,31H,5-10,14-15H2,1-4H3,(H,32,37)(H,33,38);12-14,17H,6-11,15H2,1-5H3,(H,32,33);3,10H,4H2,1-2H3,(H,11,12). The Kier molecular flexibility index (Phi) is 30.8. The van der Waals surface area contributed by atoms with Crippen molar-refractivity contribution in [1.82, 2.24) is 88.4 Å². The van der Waals surface area contributed by atoms with Gasteiger partial charge in [0, 0.05) is 251 Å². The molecule has 4 amide bonds. The molecule has 12 aromatic rings. The average molecular weight is 1930 g/mol. The number of aromatic nitrogens is 9. The van der Waals surface area contributed by atoms with E-state index in [1.807, 2.05) is 140 Å². The predicted molar refractivity (Wildman–Crippen MR) is 530 cm³/mol. The molecule has 18 rings (SSSR count). The van der Waals surface area contributed by atoms with Crippen molar-refractivity contribution in [3.63, 3.8) is 0 Å². The fourth-order valence-corrected chi connectivity index (χ4v) is 22.3. The second-order valence-corrected chi connectivity index (χ2v) is 41.5. The highest BCUT2D eigenvalue weighted by Crippen LogP contribution is 2.41. The van der Waals surface area contributed by atoms with Crippen LogP contribution in [-0.2, 0) is 82.2 Å². The third-order valence-electron chi connectivity index (χ3n) is 25.9. The molecule has 6 aliphatic rings. The summed E-state index contributed by atoms with van der Waals surface area (Å²) >= 11 is 10.2. The van der Waals surface area contributed by atoms with Crippen molar-refractivity contribution < 1.29 is 52.8 Å². The second kappa shape index (κ2) is 42.1. The second-order valence-electron chi connectivity index (χ2n) is 38.0. The maximum atomic E-state index is 13.8. The van der Waals surface area contributed by atoms with E-state index < -0.39 is 17.2 Å². The summed E-state index contributed by atoms with van der Waals surface area (Å²) < 4.78 is 34.5. The molecule has 724 valence electrons. The highest BCUT2D eigenvalue weighted by Gasteiger charge is 2.35. The van der Waals surface area contributed by atoms with Gasteiger partial charge in [-0.25, -0.2) is 34.2 Å². The molecule has 3 fully saturated rings. The molecule has 0 radical (unpaired) electrons. The molecular weight excluding hydrogens is 1810 g/mol. The van der Waals surface area contributed by atoms with Gasteiger partial charge in [0.25, 0.3) is 28.5 Å². The summed E-state index contributed by atoms with van der Waals surface area (Å²) in [5.41, 5.74) is 21.5. The van der Waals surface area contributed by atoms with Crippen LogP contribution in [0.1, 0.15) is 227 Å². The first-order chi connectivity index (χ1) is 64.7. The van der Waals surface area contributed by atoms with Crippen LogP contribution in [0.2, 0.25) is 0 Å². The maximum absolute atomic E-state index is 13.8. The third-order valence-corrected chi connectivity index (χ3v) is 29.5. The van der Waals surface area contributed by atoms with Gasteiger partial charge in [-0.3, -0.25) is 38.7 Å². The van der Waals surface area contributed by atoms with Crippen LogP contribution < -0.4 is 37.5 Å². The number of carboxylic acid groups (broad SMARTS) is 1. The SMILES string of the molecule is Cc1c(C(=O)O)cc2cc(-c3nc4c(s3)CN(C(=O)OC(C)(C)C)CC4)cn2c1C(C)N1CCOCC1.Cc1cc(C)c(CNC(=O)c2cc3cc(-c4nc5c(s4)CN(C(=O)OC(C)(C)C)CC5)cn3c(C(C)N3CCOCC3)c2C)c(=O)[nH]1.Cc1cc(C)c(CNC(=O)c2cc3cc(-c4nc5c(s4)CNCC5)cn3c(C(C)N3CCOCC3)c2C)c(=O)[nH]1.Cc1cc(C)c(CNCl)c(=O)[nH]1. The number of aryl methyl sites for hydroxylation is 6. The summed E-state index contributed by atoms with van der Waals surface area (Å²) in [4.78, 5) is 141. The maximum Gasteiger partial charge on any atom is 0.410 e. The van der Waals surface area contributed by atoms with Gasteiger partial charge in [0.1, 0.15) is 26.2 Å². The number of carboxylic acids is 1. The molecule has 3 unspecified atom stereocenters. The van der Waals surface area contributed by atoms with Gasteiger partial charge >= 0.3 is 18.2 Å². The molecule has 32 nitrogen and oxygen atoms in total. The first-order valence-corrected chi connectivity index (χ1v) is 49.3. The molecule has 136 heavy (non-hydrogen) atoms. The summed E-state index contributed by atoms with van der Waals surface area (Å²) in [5, 5.41) is 22.2. The van der Waals surface area contributed by atoms with Crippen molar-refractivity contribution in [3.8, 4) is 31.7 Å². The number of nitrogens with zero attached hydrogens (tertiary/aromatic N) is 11. The van der Waals surface area contributed by atoms with Crippen LogP contribution in [0.5, 0.6) is 0 Å². The van der Waals surface area contributed by atoms with Crippen LogP contribution >= 0.6 is 45.8 Å². The Labute approximate surface area is 808 Å². The summed E-state index contributed by atoms with van der Waals surface area (Å²) in [6.07, 6.45) is 8.04. The lowest BCUT2D eigenvalue weighted by Gasteiger charge is -2.34. The number of nitrogens with one attached hydrogen (secondary N) is 7. The number of amides is 4. The molecule has 0 aromatic carbocycles. The molecule has 3 saturated heterocycles. The van der Waals surface area contributed by atoms with E-state index in [0.29, 0.717) is 119 Å². The highest BCUT2D eigenvalue weighted by molar-refractivity contribution is 7.15. The lowest BCUT2D eigenvalue weighted by atomic mass is 10.0. The smallest absolute Gasteiger partial charge is 0.410 e. The molecule has 0 bridgehead atoms. The number of ether oxygens (including phenoxy) is 5. The van der Waals surface area contributed by atoms with Crippen molar-refractivity contribution in [3.05, 3.63) is 237 Å². The van der Waals surface area contributed by atoms with E-state index in [2.05, 4.69) is 115 Å². The first kappa shape index (κ1) is 99.4. The zero-order valence-corrected chi connectivity index (χ0v) is 84.1. The quantitative estimate of drug-likeness (QED) is 0.0370. The summed E-state index contributed by atoms with van der Waals surface area (Å²) in [6, 6.07) is 17.7. The molecule has 12 aromatic heterocycles. The summed E-state index contributed by atoms with van der Waals surface area (Å²) in [6.45, 7) is 48.5. The molecule has 8 N–H and O–H groups in total.